The monoisotopic (exact) mass is 401 g/mol. The second kappa shape index (κ2) is 7.50. The molecule has 0 saturated carbocycles. The maximum absolute atomic E-state index is 13.2. The van der Waals surface area contributed by atoms with Crippen molar-refractivity contribution in [2.24, 2.45) is 4.99 Å². The minimum Gasteiger partial charge on any atom is -0.467 e. The third-order valence-electron chi connectivity index (χ3n) is 4.19. The molecule has 0 N–H and O–H groups in total. The molecule has 1 atom stereocenters. The molecule has 2 aromatic rings. The first kappa shape index (κ1) is 19.1. The van der Waals surface area contributed by atoms with Crippen molar-refractivity contribution >= 4 is 45.3 Å². The third-order valence-corrected chi connectivity index (χ3v) is 6.33. The summed E-state index contributed by atoms with van der Waals surface area (Å²) in [5.41, 5.74) is 1.41. The summed E-state index contributed by atoms with van der Waals surface area (Å²) in [5, 5.41) is 1.51. The van der Waals surface area contributed by atoms with Gasteiger partial charge in [-0.15, -0.1) is 0 Å². The molecule has 27 heavy (non-hydrogen) atoms. The average molecular weight is 402 g/mol. The summed E-state index contributed by atoms with van der Waals surface area (Å²) in [5.74, 6) is -0.928. The Kier molecular flexibility index (Phi) is 5.30. The molecule has 7 heteroatoms. The maximum Gasteiger partial charge on any atom is 0.337 e. The van der Waals surface area contributed by atoms with E-state index in [1.807, 2.05) is 6.07 Å². The molecule has 138 valence electrons. The van der Waals surface area contributed by atoms with Crippen molar-refractivity contribution in [1.82, 2.24) is 0 Å². The van der Waals surface area contributed by atoms with E-state index in [4.69, 9.17) is 16.3 Å². The predicted octanol–water partition coefficient (Wildman–Crippen LogP) is 3.76. The van der Waals surface area contributed by atoms with E-state index in [0.29, 0.717) is 16.1 Å². The van der Waals surface area contributed by atoms with Crippen LogP contribution in [0.1, 0.15) is 11.1 Å². The van der Waals surface area contributed by atoms with E-state index in [9.17, 15) is 13.2 Å². The summed E-state index contributed by atoms with van der Waals surface area (Å²) in [6, 6.07) is 15.4. The number of carbonyl (C=O) groups excluding carboxylic acids is 1. The van der Waals surface area contributed by atoms with Gasteiger partial charge in [-0.1, -0.05) is 54.1 Å². The number of halogens is 1. The second-order valence-corrected chi connectivity index (χ2v) is 8.26. The predicted molar refractivity (Wildman–Crippen MR) is 107 cm³/mol. The van der Waals surface area contributed by atoms with E-state index in [-0.39, 0.29) is 5.57 Å². The number of hydrogen-bond acceptors (Lipinski definition) is 5. The van der Waals surface area contributed by atoms with Gasteiger partial charge in [-0.25, -0.2) is 13.2 Å². The number of esters is 1. The van der Waals surface area contributed by atoms with Crippen LogP contribution in [0, 0.1) is 0 Å². The van der Waals surface area contributed by atoms with Crippen LogP contribution in [0.2, 0.25) is 5.02 Å². The molecule has 1 aliphatic rings. The Morgan fingerprint density at radius 2 is 1.78 bits per heavy atom. The summed E-state index contributed by atoms with van der Waals surface area (Å²) < 4.78 is 29.3. The lowest BCUT2D eigenvalue weighted by molar-refractivity contribution is -0.140. The Balaban J connectivity index is 2.11. The van der Waals surface area contributed by atoms with Crippen LogP contribution in [0.4, 0.5) is 0 Å². The van der Waals surface area contributed by atoms with Gasteiger partial charge < -0.3 is 4.74 Å². The van der Waals surface area contributed by atoms with Gasteiger partial charge in [-0.3, -0.25) is 4.99 Å². The molecule has 1 aliphatic heterocycles. The van der Waals surface area contributed by atoms with Gasteiger partial charge in [0.25, 0.3) is 0 Å². The van der Waals surface area contributed by atoms with Crippen molar-refractivity contribution in [2.45, 2.75) is 4.75 Å². The molecule has 0 aliphatic carbocycles. The Labute approximate surface area is 162 Å². The highest BCUT2D eigenvalue weighted by Gasteiger charge is 2.55. The number of nitrogens with zero attached hydrogens (tertiary/aromatic N) is 1. The fraction of sp³-hybridized carbons (Fsp3) is 0.100. The van der Waals surface area contributed by atoms with Gasteiger partial charge in [-0.2, -0.15) is 0 Å². The molecule has 5 nitrogen and oxygen atoms in total. The number of sulfone groups is 1. The smallest absolute Gasteiger partial charge is 0.337 e. The molecule has 0 fully saturated rings. The van der Waals surface area contributed by atoms with E-state index >= 15 is 0 Å². The standard InChI is InChI=1S/C20H16ClNO4S/c1-26-19(23)20(27(24,25)12-11-15-5-3-2-4-6-15)14-22-13-18(20)16-7-9-17(21)10-8-16/h2-14H,1H3/b12-11+. The van der Waals surface area contributed by atoms with E-state index in [1.54, 1.807) is 48.5 Å². The normalized spacial score (nSPS) is 19.3. The molecular weight excluding hydrogens is 386 g/mol. The molecule has 0 saturated heterocycles. The number of rotatable bonds is 5. The minimum absolute atomic E-state index is 0.212. The van der Waals surface area contributed by atoms with Gasteiger partial charge >= 0.3 is 5.97 Å². The average Bonchev–Trinajstić information content (AvgIpc) is 3.14. The number of aliphatic imine (C=N–C) groups is 1. The Bertz CT molecular complexity index is 1040. The van der Waals surface area contributed by atoms with E-state index in [1.165, 1.54) is 12.3 Å². The van der Waals surface area contributed by atoms with Crippen LogP contribution >= 0.6 is 11.6 Å². The summed E-state index contributed by atoms with van der Waals surface area (Å²) in [6.07, 6.45) is 3.90. The van der Waals surface area contributed by atoms with Crippen molar-refractivity contribution in [3.63, 3.8) is 0 Å². The number of methoxy groups -OCH3 is 1. The fourth-order valence-electron chi connectivity index (χ4n) is 2.80. The lowest BCUT2D eigenvalue weighted by Gasteiger charge is -2.25. The molecule has 0 amide bonds. The van der Waals surface area contributed by atoms with Crippen molar-refractivity contribution in [1.29, 1.82) is 0 Å². The summed E-state index contributed by atoms with van der Waals surface area (Å²) in [6.45, 7) is 0. The Hall–Kier alpha value is -2.70. The zero-order chi connectivity index (χ0) is 19.5. The second-order valence-electron chi connectivity index (χ2n) is 5.81. The third kappa shape index (κ3) is 3.46. The first-order valence-corrected chi connectivity index (χ1v) is 9.90. The highest BCUT2D eigenvalue weighted by Crippen LogP contribution is 2.39. The lowest BCUT2D eigenvalue weighted by atomic mass is 9.94. The van der Waals surface area contributed by atoms with Crippen LogP contribution in [-0.2, 0) is 19.4 Å². The number of hydrogen-bond donors (Lipinski definition) is 0. The van der Waals surface area contributed by atoms with Crippen molar-refractivity contribution in [3.05, 3.63) is 82.4 Å². The molecule has 3 rings (SSSR count). The highest BCUT2D eigenvalue weighted by molar-refractivity contribution is 7.97. The van der Waals surface area contributed by atoms with Crippen LogP contribution in [0.5, 0.6) is 0 Å². The number of carbonyl (C=O) groups is 1. The van der Waals surface area contributed by atoms with Gasteiger partial charge in [0.1, 0.15) is 0 Å². The summed E-state index contributed by atoms with van der Waals surface area (Å²) in [7, 11) is -3.00. The fourth-order valence-corrected chi connectivity index (χ4v) is 4.47. The largest absolute Gasteiger partial charge is 0.467 e. The van der Waals surface area contributed by atoms with Gasteiger partial charge in [-0.05, 0) is 29.3 Å². The SMILES string of the molecule is COC(=O)C1(S(=O)(=O)/C=C/c2ccccc2)C=NC=C1c1ccc(Cl)cc1. The van der Waals surface area contributed by atoms with Crippen LogP contribution in [-0.4, -0.2) is 32.5 Å². The molecule has 1 unspecified atom stereocenters. The molecule has 0 radical (unpaired) electrons. The zero-order valence-electron chi connectivity index (χ0n) is 14.4. The first-order valence-electron chi connectivity index (χ1n) is 7.98. The summed E-state index contributed by atoms with van der Waals surface area (Å²) >= 11 is 5.91. The van der Waals surface area contributed by atoms with Crippen LogP contribution in [0.25, 0.3) is 11.6 Å². The van der Waals surface area contributed by atoms with Gasteiger partial charge in [0.15, 0.2) is 9.84 Å². The topological polar surface area (TPSA) is 72.8 Å². The minimum atomic E-state index is -4.14. The van der Waals surface area contributed by atoms with Gasteiger partial charge in [0.2, 0.25) is 4.75 Å². The number of ether oxygens (including phenoxy) is 1. The Morgan fingerprint density at radius 1 is 1.11 bits per heavy atom. The van der Waals surface area contributed by atoms with Crippen molar-refractivity contribution in [3.8, 4) is 0 Å². The maximum atomic E-state index is 13.2. The summed E-state index contributed by atoms with van der Waals surface area (Å²) in [4.78, 5) is 16.6. The van der Waals surface area contributed by atoms with Crippen molar-refractivity contribution in [2.75, 3.05) is 7.11 Å². The molecule has 1 heterocycles. The first-order chi connectivity index (χ1) is 12.9. The lowest BCUT2D eigenvalue weighted by Crippen LogP contribution is -2.47. The van der Waals surface area contributed by atoms with E-state index in [2.05, 4.69) is 4.99 Å². The van der Waals surface area contributed by atoms with Crippen LogP contribution < -0.4 is 0 Å². The highest BCUT2D eigenvalue weighted by atomic mass is 35.5. The quantitative estimate of drug-likeness (QED) is 0.715. The van der Waals surface area contributed by atoms with Crippen molar-refractivity contribution < 1.29 is 17.9 Å². The van der Waals surface area contributed by atoms with Crippen LogP contribution in [0.3, 0.4) is 0 Å². The molecule has 0 bridgehead atoms. The van der Waals surface area contributed by atoms with Gasteiger partial charge in [0.05, 0.1) is 7.11 Å². The van der Waals surface area contributed by atoms with Gasteiger partial charge in [0, 0.05) is 28.4 Å². The molecule has 2 aromatic carbocycles. The molecular formula is C20H16ClNO4S. The molecule has 0 aromatic heterocycles. The zero-order valence-corrected chi connectivity index (χ0v) is 15.9. The van der Waals surface area contributed by atoms with Crippen LogP contribution in [0.15, 0.2) is 71.2 Å². The van der Waals surface area contributed by atoms with E-state index < -0.39 is 20.6 Å². The van der Waals surface area contributed by atoms with E-state index in [0.717, 1.165) is 18.7 Å². The Morgan fingerprint density at radius 3 is 2.41 bits per heavy atom. The number of benzene rings is 2. The molecule has 0 spiro atoms.